The van der Waals surface area contributed by atoms with E-state index in [1.165, 1.54) is 4.31 Å². The molecule has 0 spiro atoms. The van der Waals surface area contributed by atoms with Crippen molar-refractivity contribution in [2.75, 3.05) is 20.3 Å². The second-order valence-electron chi connectivity index (χ2n) is 9.26. The van der Waals surface area contributed by atoms with Crippen molar-refractivity contribution in [3.63, 3.8) is 0 Å². The van der Waals surface area contributed by atoms with Crippen LogP contribution in [0.1, 0.15) is 24.1 Å². The summed E-state index contributed by atoms with van der Waals surface area (Å²) in [4.78, 5) is 0.169. The van der Waals surface area contributed by atoms with Crippen molar-refractivity contribution >= 4 is 21.6 Å². The fraction of sp³-hybridized carbons (Fsp3) is 0.276. The molecule has 1 saturated heterocycles. The van der Waals surface area contributed by atoms with Gasteiger partial charge in [0.1, 0.15) is 11.5 Å². The van der Waals surface area contributed by atoms with E-state index in [2.05, 4.69) is 0 Å². The van der Waals surface area contributed by atoms with Crippen molar-refractivity contribution in [3.8, 4) is 23.1 Å². The van der Waals surface area contributed by atoms with E-state index in [1.54, 1.807) is 48.2 Å². The van der Waals surface area contributed by atoms with Crippen LogP contribution in [0.4, 0.5) is 0 Å². The van der Waals surface area contributed by atoms with E-state index in [0.717, 1.165) is 18.5 Å². The van der Waals surface area contributed by atoms with Crippen LogP contribution in [-0.4, -0.2) is 48.9 Å². The Balaban J connectivity index is 1.59. The smallest absolute Gasteiger partial charge is 0.243 e. The number of hydrogen-bond donors (Lipinski definition) is 0. The Morgan fingerprint density at radius 2 is 1.77 bits per heavy atom. The van der Waals surface area contributed by atoms with Gasteiger partial charge in [-0.25, -0.2) is 13.1 Å². The van der Waals surface area contributed by atoms with Crippen molar-refractivity contribution in [2.45, 2.75) is 37.3 Å². The van der Waals surface area contributed by atoms with E-state index in [0.29, 0.717) is 40.3 Å². The van der Waals surface area contributed by atoms with Crippen molar-refractivity contribution in [3.05, 3.63) is 95.1 Å². The highest BCUT2D eigenvalue weighted by atomic mass is 35.5. The number of benzene rings is 3. The maximum absolute atomic E-state index is 14.0. The van der Waals surface area contributed by atoms with Crippen LogP contribution < -0.4 is 9.47 Å². The summed E-state index contributed by atoms with van der Waals surface area (Å²) in [6.45, 7) is 2.70. The molecule has 0 bridgehead atoms. The lowest BCUT2D eigenvalue weighted by atomic mass is 10.2. The van der Waals surface area contributed by atoms with Crippen LogP contribution in [-0.2, 0) is 21.3 Å². The van der Waals surface area contributed by atoms with Gasteiger partial charge in [-0.1, -0.05) is 41.9 Å². The molecular weight excluding hydrogens is 538 g/mol. The van der Waals surface area contributed by atoms with Crippen molar-refractivity contribution in [2.24, 2.45) is 0 Å². The molecule has 39 heavy (non-hydrogen) atoms. The minimum Gasteiger partial charge on any atom is -0.497 e. The second kappa shape index (κ2) is 11.8. The van der Waals surface area contributed by atoms with E-state index in [-0.39, 0.29) is 24.1 Å². The summed E-state index contributed by atoms with van der Waals surface area (Å²) in [5.41, 5.74) is 2.05. The molecule has 0 aliphatic carbocycles. The Morgan fingerprint density at radius 1 is 1.05 bits per heavy atom. The highest BCUT2D eigenvalue weighted by molar-refractivity contribution is 7.89. The molecule has 0 amide bonds. The Labute approximate surface area is 233 Å². The Morgan fingerprint density at radius 3 is 2.44 bits per heavy atom. The van der Waals surface area contributed by atoms with Gasteiger partial charge in [0, 0.05) is 19.7 Å². The lowest BCUT2D eigenvalue weighted by Crippen LogP contribution is -2.37. The summed E-state index contributed by atoms with van der Waals surface area (Å²) in [5.74, 6) is 1.42. The molecule has 204 valence electrons. The lowest BCUT2D eigenvalue weighted by Gasteiger charge is -2.25. The Kier molecular flexibility index (Phi) is 8.23. The second-order valence-corrected chi connectivity index (χ2v) is 11.6. The van der Waals surface area contributed by atoms with E-state index in [9.17, 15) is 8.42 Å². The monoisotopic (exact) mass is 567 g/mol. The minimum absolute atomic E-state index is 0.0344. The Bertz CT molecular complexity index is 1520. The number of hydrogen-bond acceptors (Lipinski definition) is 6. The first-order valence-corrected chi connectivity index (χ1v) is 14.5. The van der Waals surface area contributed by atoms with Crippen LogP contribution in [0.25, 0.3) is 5.69 Å². The fourth-order valence-electron chi connectivity index (χ4n) is 4.54. The fourth-order valence-corrected chi connectivity index (χ4v) is 6.15. The van der Waals surface area contributed by atoms with Crippen molar-refractivity contribution in [1.29, 1.82) is 0 Å². The van der Waals surface area contributed by atoms with Gasteiger partial charge in [0.25, 0.3) is 0 Å². The topological polar surface area (TPSA) is 82.9 Å². The van der Waals surface area contributed by atoms with Crippen LogP contribution in [0.15, 0.2) is 83.8 Å². The summed E-state index contributed by atoms with van der Waals surface area (Å²) >= 11 is 6.44. The number of halogens is 1. The first kappa shape index (κ1) is 27.2. The zero-order chi connectivity index (χ0) is 27.4. The summed E-state index contributed by atoms with van der Waals surface area (Å²) in [5, 5.41) is 5.18. The molecule has 5 rings (SSSR count). The van der Waals surface area contributed by atoms with Crippen LogP contribution in [0.3, 0.4) is 0 Å². The van der Waals surface area contributed by atoms with Gasteiger partial charge in [0.2, 0.25) is 15.9 Å². The number of rotatable bonds is 10. The number of para-hydroxylation sites is 2. The molecule has 1 aromatic heterocycles. The predicted octanol–water partition coefficient (Wildman–Crippen LogP) is 6.00. The molecule has 0 N–H and O–H groups in total. The lowest BCUT2D eigenvalue weighted by molar-refractivity contribution is 0.0924. The average Bonchev–Trinajstić information content (AvgIpc) is 3.58. The summed E-state index contributed by atoms with van der Waals surface area (Å²) in [6, 6.07) is 23.1. The number of nitrogens with zero attached hydrogens (tertiary/aromatic N) is 3. The third-order valence-electron chi connectivity index (χ3n) is 6.64. The molecule has 0 saturated carbocycles. The van der Waals surface area contributed by atoms with Crippen LogP contribution in [0.5, 0.6) is 17.4 Å². The largest absolute Gasteiger partial charge is 0.497 e. The van der Waals surface area contributed by atoms with Gasteiger partial charge in [-0.2, -0.15) is 9.40 Å². The Hall–Kier alpha value is -3.37. The van der Waals surface area contributed by atoms with E-state index in [4.69, 9.17) is 30.9 Å². The molecule has 0 unspecified atom stereocenters. The van der Waals surface area contributed by atoms with Crippen LogP contribution in [0, 0.1) is 6.92 Å². The molecular formula is C29H30ClN3O5S. The number of sulfonamides is 1. The molecule has 10 heteroatoms. The van der Waals surface area contributed by atoms with Gasteiger partial charge in [0.15, 0.2) is 0 Å². The molecule has 1 fully saturated rings. The van der Waals surface area contributed by atoms with Crippen LogP contribution in [0.2, 0.25) is 5.02 Å². The van der Waals surface area contributed by atoms with Gasteiger partial charge in [0.05, 0.1) is 40.1 Å². The molecule has 2 heterocycles. The van der Waals surface area contributed by atoms with Gasteiger partial charge < -0.3 is 14.2 Å². The van der Waals surface area contributed by atoms with Crippen LogP contribution >= 0.6 is 11.6 Å². The first-order valence-electron chi connectivity index (χ1n) is 12.7. The van der Waals surface area contributed by atoms with Crippen molar-refractivity contribution < 1.29 is 22.6 Å². The van der Waals surface area contributed by atoms with Gasteiger partial charge >= 0.3 is 0 Å². The molecule has 1 aliphatic heterocycles. The van der Waals surface area contributed by atoms with Gasteiger partial charge in [-0.3, -0.25) is 0 Å². The normalized spacial score (nSPS) is 15.5. The SMILES string of the molecule is COc1ccc(S(=O)(=O)N(Cc2c(C)nn(-c3ccccc3)c2Oc2ccccc2Cl)C[C@H]2CCCO2)cc1. The predicted molar refractivity (Wildman–Crippen MR) is 149 cm³/mol. The average molecular weight is 568 g/mol. The number of methoxy groups -OCH3 is 1. The quantitative estimate of drug-likeness (QED) is 0.233. The highest BCUT2D eigenvalue weighted by Gasteiger charge is 2.32. The van der Waals surface area contributed by atoms with E-state index < -0.39 is 10.0 Å². The summed E-state index contributed by atoms with van der Waals surface area (Å²) in [6.07, 6.45) is 1.49. The summed E-state index contributed by atoms with van der Waals surface area (Å²) in [7, 11) is -2.36. The van der Waals surface area contributed by atoms with Crippen molar-refractivity contribution in [1.82, 2.24) is 14.1 Å². The van der Waals surface area contributed by atoms with Gasteiger partial charge in [-0.15, -0.1) is 0 Å². The molecule has 1 aliphatic rings. The standard InChI is InChI=1S/C29H30ClN3O5S/c1-21-26(29(38-28-13-7-6-12-27(28)30)33(31-21)22-9-4-3-5-10-22)20-32(19-24-11-8-18-37-24)39(34,35)25-16-14-23(36-2)15-17-25/h3-7,9-10,12-17,24H,8,11,18-20H2,1-2H3/t24-/m1/s1. The number of aromatic nitrogens is 2. The van der Waals surface area contributed by atoms with E-state index >= 15 is 0 Å². The molecule has 4 aromatic rings. The molecule has 3 aromatic carbocycles. The molecule has 1 atom stereocenters. The molecule has 8 nitrogen and oxygen atoms in total. The summed E-state index contributed by atoms with van der Waals surface area (Å²) < 4.78 is 48.5. The zero-order valence-corrected chi connectivity index (χ0v) is 23.4. The number of aryl methyl sites for hydroxylation is 1. The van der Waals surface area contributed by atoms with Gasteiger partial charge in [-0.05, 0) is 68.3 Å². The molecule has 0 radical (unpaired) electrons. The highest BCUT2D eigenvalue weighted by Crippen LogP contribution is 2.36. The number of ether oxygens (including phenoxy) is 3. The maximum atomic E-state index is 14.0. The maximum Gasteiger partial charge on any atom is 0.243 e. The third-order valence-corrected chi connectivity index (χ3v) is 8.78. The minimum atomic E-state index is -3.90. The van der Waals surface area contributed by atoms with E-state index in [1.807, 2.05) is 49.4 Å². The third kappa shape index (κ3) is 5.96. The first-order chi connectivity index (χ1) is 18.9. The zero-order valence-electron chi connectivity index (χ0n) is 21.8.